The van der Waals surface area contributed by atoms with Gasteiger partial charge in [0.25, 0.3) is 11.5 Å². The Kier molecular flexibility index (Phi) is 4.31. The van der Waals surface area contributed by atoms with Gasteiger partial charge in [-0.15, -0.1) is 11.3 Å². The van der Waals surface area contributed by atoms with Crippen LogP contribution in [0.15, 0.2) is 29.1 Å². The van der Waals surface area contributed by atoms with Gasteiger partial charge in [0.2, 0.25) is 0 Å². The van der Waals surface area contributed by atoms with Gasteiger partial charge >= 0.3 is 6.18 Å². The third-order valence-electron chi connectivity index (χ3n) is 3.73. The van der Waals surface area contributed by atoms with Crippen molar-refractivity contribution in [2.24, 2.45) is 5.73 Å². The number of alkyl halides is 3. The normalized spacial score (nSPS) is 11.9. The Balaban J connectivity index is 2.09. The molecule has 136 valence electrons. The number of nitrogens with two attached hydrogens (primary N) is 1. The number of fused-ring (bicyclic) bond motifs is 1. The van der Waals surface area contributed by atoms with Gasteiger partial charge in [0.15, 0.2) is 4.96 Å². The van der Waals surface area contributed by atoms with Crippen molar-refractivity contribution in [1.29, 1.82) is 0 Å². The largest absolute Gasteiger partial charge is 0.419 e. The van der Waals surface area contributed by atoms with E-state index < -0.39 is 29.0 Å². The van der Waals surface area contributed by atoms with Gasteiger partial charge in [-0.3, -0.25) is 9.59 Å². The molecule has 3 rings (SSSR count). The summed E-state index contributed by atoms with van der Waals surface area (Å²) < 4.78 is 53.6. The highest BCUT2D eigenvalue weighted by atomic mass is 32.1. The first-order chi connectivity index (χ1) is 12.1. The Morgan fingerprint density at radius 3 is 2.65 bits per heavy atom. The molecule has 0 aliphatic carbocycles. The lowest BCUT2D eigenvalue weighted by Gasteiger charge is -2.11. The summed E-state index contributed by atoms with van der Waals surface area (Å²) in [4.78, 5) is 28.6. The maximum Gasteiger partial charge on any atom is 0.419 e. The Hall–Kier alpha value is -2.75. The van der Waals surface area contributed by atoms with E-state index in [-0.39, 0.29) is 28.3 Å². The Bertz CT molecular complexity index is 1090. The summed E-state index contributed by atoms with van der Waals surface area (Å²) in [7, 11) is 0. The monoisotopic (exact) mass is 385 g/mol. The summed E-state index contributed by atoms with van der Waals surface area (Å²) >= 11 is 1.03. The molecular formula is C16H11F4N3O2S. The fourth-order valence-corrected chi connectivity index (χ4v) is 3.63. The van der Waals surface area contributed by atoms with Crippen molar-refractivity contribution in [2.45, 2.75) is 19.5 Å². The molecule has 0 unspecified atom stereocenters. The van der Waals surface area contributed by atoms with Gasteiger partial charge in [0, 0.05) is 17.4 Å². The van der Waals surface area contributed by atoms with Gasteiger partial charge < -0.3 is 5.73 Å². The Morgan fingerprint density at radius 1 is 1.35 bits per heavy atom. The summed E-state index contributed by atoms with van der Waals surface area (Å²) in [6.45, 7) is 1.59. The second-order valence-electron chi connectivity index (χ2n) is 5.53. The Morgan fingerprint density at radius 2 is 2.04 bits per heavy atom. The van der Waals surface area contributed by atoms with Crippen molar-refractivity contribution < 1.29 is 22.4 Å². The maximum atomic E-state index is 14.2. The molecule has 10 heteroatoms. The molecule has 0 radical (unpaired) electrons. The number of aryl methyl sites for hydroxylation is 1. The van der Waals surface area contributed by atoms with E-state index in [2.05, 4.69) is 4.98 Å². The molecular weight excluding hydrogens is 374 g/mol. The van der Waals surface area contributed by atoms with Crippen molar-refractivity contribution in [2.75, 3.05) is 0 Å². The lowest BCUT2D eigenvalue weighted by molar-refractivity contribution is -0.140. The summed E-state index contributed by atoms with van der Waals surface area (Å²) in [5.74, 6) is -2.20. The zero-order valence-electron chi connectivity index (χ0n) is 13.2. The van der Waals surface area contributed by atoms with Gasteiger partial charge in [0.1, 0.15) is 11.5 Å². The highest BCUT2D eigenvalue weighted by Crippen LogP contribution is 2.32. The molecule has 0 spiro atoms. The van der Waals surface area contributed by atoms with Crippen LogP contribution in [0.2, 0.25) is 0 Å². The van der Waals surface area contributed by atoms with Gasteiger partial charge in [-0.1, -0.05) is 12.1 Å². The second-order valence-corrected chi connectivity index (χ2v) is 6.71. The van der Waals surface area contributed by atoms with Crippen LogP contribution in [0.5, 0.6) is 0 Å². The number of aromatic nitrogens is 2. The molecule has 0 aliphatic heterocycles. The maximum absolute atomic E-state index is 14.2. The van der Waals surface area contributed by atoms with Crippen LogP contribution in [0.1, 0.15) is 32.2 Å². The van der Waals surface area contributed by atoms with Crippen molar-refractivity contribution in [3.05, 3.63) is 67.8 Å². The van der Waals surface area contributed by atoms with Gasteiger partial charge in [-0.25, -0.2) is 13.8 Å². The molecule has 1 aromatic carbocycles. The molecule has 0 aliphatic rings. The SMILES string of the molecule is Cc1sc2nc(Cc3cccc(C(F)(F)F)c3F)cc(=O)n2c1C(N)=O. The van der Waals surface area contributed by atoms with E-state index in [0.29, 0.717) is 10.9 Å². The topological polar surface area (TPSA) is 77.5 Å². The Labute approximate surface area is 147 Å². The van der Waals surface area contributed by atoms with Crippen LogP contribution in [-0.4, -0.2) is 15.3 Å². The summed E-state index contributed by atoms with van der Waals surface area (Å²) in [6.07, 6.45) is -5.12. The lowest BCUT2D eigenvalue weighted by atomic mass is 10.0. The number of hydrogen-bond donors (Lipinski definition) is 1. The molecule has 0 saturated carbocycles. The first-order valence-electron chi connectivity index (χ1n) is 7.26. The van der Waals surface area contributed by atoms with E-state index in [4.69, 9.17) is 5.73 Å². The van der Waals surface area contributed by atoms with Gasteiger partial charge in [-0.05, 0) is 18.6 Å². The van der Waals surface area contributed by atoms with Crippen molar-refractivity contribution in [1.82, 2.24) is 9.38 Å². The minimum absolute atomic E-state index is 0.000649. The summed E-state index contributed by atoms with van der Waals surface area (Å²) in [5.41, 5.74) is 3.11. The molecule has 2 N–H and O–H groups in total. The minimum atomic E-state index is -4.82. The van der Waals surface area contributed by atoms with Crippen LogP contribution < -0.4 is 11.3 Å². The molecule has 2 aromatic heterocycles. The van der Waals surface area contributed by atoms with Crippen LogP contribution in [0.4, 0.5) is 17.6 Å². The molecule has 26 heavy (non-hydrogen) atoms. The number of nitrogens with zero attached hydrogens (tertiary/aromatic N) is 2. The number of halogens is 4. The van der Waals surface area contributed by atoms with Crippen molar-refractivity contribution >= 4 is 22.2 Å². The fourth-order valence-electron chi connectivity index (χ4n) is 2.63. The van der Waals surface area contributed by atoms with Crippen molar-refractivity contribution in [3.8, 4) is 0 Å². The summed E-state index contributed by atoms with van der Waals surface area (Å²) in [6, 6.07) is 3.98. The molecule has 0 atom stereocenters. The van der Waals surface area contributed by atoms with Crippen LogP contribution in [0.3, 0.4) is 0 Å². The fraction of sp³-hybridized carbons (Fsp3) is 0.188. The van der Waals surface area contributed by atoms with Crippen LogP contribution in [0.25, 0.3) is 4.96 Å². The molecule has 2 heterocycles. The quantitative estimate of drug-likeness (QED) is 0.705. The smallest absolute Gasteiger partial charge is 0.364 e. The lowest BCUT2D eigenvalue weighted by Crippen LogP contribution is -2.23. The average Bonchev–Trinajstić information content (AvgIpc) is 2.85. The van der Waals surface area contributed by atoms with Crippen LogP contribution >= 0.6 is 11.3 Å². The van der Waals surface area contributed by atoms with Gasteiger partial charge in [-0.2, -0.15) is 13.2 Å². The molecule has 0 bridgehead atoms. The minimum Gasteiger partial charge on any atom is -0.364 e. The van der Waals surface area contributed by atoms with Gasteiger partial charge in [0.05, 0.1) is 11.3 Å². The van der Waals surface area contributed by atoms with E-state index in [1.54, 1.807) is 6.92 Å². The third kappa shape index (κ3) is 3.07. The highest BCUT2D eigenvalue weighted by molar-refractivity contribution is 7.17. The van der Waals surface area contributed by atoms with E-state index in [1.807, 2.05) is 0 Å². The predicted octanol–water partition coefficient (Wildman–Crippen LogP) is 2.91. The number of primary amides is 1. The van der Waals surface area contributed by atoms with Crippen LogP contribution in [0, 0.1) is 12.7 Å². The zero-order chi connectivity index (χ0) is 19.2. The average molecular weight is 385 g/mol. The third-order valence-corrected chi connectivity index (χ3v) is 4.69. The first-order valence-corrected chi connectivity index (χ1v) is 8.07. The first kappa shape index (κ1) is 18.1. The number of rotatable bonds is 3. The van der Waals surface area contributed by atoms with E-state index >= 15 is 0 Å². The number of benzene rings is 1. The van der Waals surface area contributed by atoms with E-state index in [9.17, 15) is 27.2 Å². The zero-order valence-corrected chi connectivity index (χ0v) is 14.0. The second kappa shape index (κ2) is 6.20. The number of hydrogen-bond acceptors (Lipinski definition) is 4. The molecule has 1 amide bonds. The summed E-state index contributed by atoms with van der Waals surface area (Å²) in [5, 5.41) is 0. The molecule has 0 fully saturated rings. The predicted molar refractivity (Wildman–Crippen MR) is 86.8 cm³/mol. The standard InChI is InChI=1S/C16H11F4N3O2S/c1-7-13(14(21)25)23-11(24)6-9(22-15(23)26-7)5-8-3-2-4-10(12(8)17)16(18,19)20/h2-4,6H,5H2,1H3,(H2,21,25). The van der Waals surface area contributed by atoms with Crippen molar-refractivity contribution in [3.63, 3.8) is 0 Å². The number of carbonyl (C=O) groups is 1. The van der Waals surface area contributed by atoms with Crippen LogP contribution in [-0.2, 0) is 12.6 Å². The number of carbonyl (C=O) groups excluding carboxylic acids is 1. The molecule has 3 aromatic rings. The molecule has 5 nitrogen and oxygen atoms in total. The van der Waals surface area contributed by atoms with E-state index in [1.165, 1.54) is 6.07 Å². The highest BCUT2D eigenvalue weighted by Gasteiger charge is 2.34. The van der Waals surface area contributed by atoms with E-state index in [0.717, 1.165) is 27.9 Å². The molecule has 0 saturated heterocycles. The number of amides is 1. The number of thiazole rings is 1.